The second-order valence-electron chi connectivity index (χ2n) is 10.1. The van der Waals surface area contributed by atoms with Gasteiger partial charge >= 0.3 is 23.9 Å². The SMILES string of the molecule is C[C@@H]1OC(COC(=O)c2ccccc2)[C@@H](OC(=O)c2ccccc2)C(OC(=O)c2ccccc2)C1OC(=O)c1ccccc1. The summed E-state index contributed by atoms with van der Waals surface area (Å²) >= 11 is 0. The molecule has 0 radical (unpaired) electrons. The Hall–Kier alpha value is -5.28. The van der Waals surface area contributed by atoms with Crippen molar-refractivity contribution in [3.05, 3.63) is 144 Å². The molecule has 9 heteroatoms. The van der Waals surface area contributed by atoms with Crippen LogP contribution in [0.1, 0.15) is 48.4 Å². The van der Waals surface area contributed by atoms with Gasteiger partial charge in [0.05, 0.1) is 28.4 Å². The normalized spacial score (nSPS) is 21.0. The van der Waals surface area contributed by atoms with Crippen molar-refractivity contribution < 1.29 is 42.9 Å². The third kappa shape index (κ3) is 7.37. The summed E-state index contributed by atoms with van der Waals surface area (Å²) in [7, 11) is 0. The van der Waals surface area contributed by atoms with Crippen LogP contribution in [-0.2, 0) is 23.7 Å². The molecule has 0 N–H and O–H groups in total. The van der Waals surface area contributed by atoms with Crippen LogP contribution in [-0.4, -0.2) is 61.0 Å². The van der Waals surface area contributed by atoms with E-state index in [9.17, 15) is 19.2 Å². The van der Waals surface area contributed by atoms with E-state index < -0.39 is 54.4 Å². The molecule has 5 rings (SSSR count). The van der Waals surface area contributed by atoms with Gasteiger partial charge in [-0.1, -0.05) is 72.8 Å². The fourth-order valence-corrected chi connectivity index (χ4v) is 4.78. The number of rotatable bonds is 9. The number of hydrogen-bond acceptors (Lipinski definition) is 9. The van der Waals surface area contributed by atoms with Crippen LogP contribution >= 0.6 is 0 Å². The molecule has 0 aliphatic carbocycles. The molecular formula is C35H30O9. The summed E-state index contributed by atoms with van der Waals surface area (Å²) in [4.78, 5) is 52.6. The van der Waals surface area contributed by atoms with Gasteiger partial charge in [-0.3, -0.25) is 0 Å². The molecule has 1 aliphatic heterocycles. The number of esters is 4. The van der Waals surface area contributed by atoms with Gasteiger partial charge < -0.3 is 23.7 Å². The van der Waals surface area contributed by atoms with Gasteiger partial charge in [-0.15, -0.1) is 0 Å². The lowest BCUT2D eigenvalue weighted by Crippen LogP contribution is -2.61. The first-order valence-corrected chi connectivity index (χ1v) is 14.1. The predicted octanol–water partition coefficient (Wildman–Crippen LogP) is 5.31. The average Bonchev–Trinajstić information content (AvgIpc) is 3.07. The Bertz CT molecular complexity index is 1560. The lowest BCUT2D eigenvalue weighted by atomic mass is 9.94. The lowest BCUT2D eigenvalue weighted by molar-refractivity contribution is -0.224. The summed E-state index contributed by atoms with van der Waals surface area (Å²) < 4.78 is 29.5. The monoisotopic (exact) mass is 594 g/mol. The van der Waals surface area contributed by atoms with Crippen molar-refractivity contribution >= 4 is 23.9 Å². The Morgan fingerprint density at radius 3 is 1.25 bits per heavy atom. The highest BCUT2D eigenvalue weighted by molar-refractivity contribution is 5.91. The standard InChI is InChI=1S/C35H30O9/c1-23-29(42-33(37)25-16-8-3-9-17-25)31(44-35(39)27-20-12-5-13-21-27)30(43-34(38)26-18-10-4-11-19-26)28(41-23)22-40-32(36)24-14-6-2-7-15-24/h2-21,23,28-31H,22H2,1H3/t23-,28?,29?,30+,31?/m0/s1. The summed E-state index contributed by atoms with van der Waals surface area (Å²) in [5.74, 6) is -2.77. The third-order valence-electron chi connectivity index (χ3n) is 7.01. The number of ether oxygens (including phenoxy) is 5. The smallest absolute Gasteiger partial charge is 0.338 e. The minimum absolute atomic E-state index is 0.233. The van der Waals surface area contributed by atoms with E-state index in [4.69, 9.17) is 23.7 Å². The molecule has 1 fully saturated rings. The maximum atomic E-state index is 13.4. The summed E-state index contributed by atoms with van der Waals surface area (Å²) in [5, 5.41) is 0. The van der Waals surface area contributed by atoms with Gasteiger partial charge in [0.2, 0.25) is 0 Å². The minimum atomic E-state index is -1.33. The van der Waals surface area contributed by atoms with Crippen LogP contribution in [0.2, 0.25) is 0 Å². The van der Waals surface area contributed by atoms with Crippen LogP contribution in [0.15, 0.2) is 121 Å². The van der Waals surface area contributed by atoms with E-state index in [-0.39, 0.29) is 23.3 Å². The van der Waals surface area contributed by atoms with Crippen LogP contribution in [0.25, 0.3) is 0 Å². The highest BCUT2D eigenvalue weighted by Gasteiger charge is 2.51. The maximum absolute atomic E-state index is 13.4. The van der Waals surface area contributed by atoms with Crippen LogP contribution in [0, 0.1) is 0 Å². The van der Waals surface area contributed by atoms with Crippen molar-refractivity contribution in [2.75, 3.05) is 6.61 Å². The van der Waals surface area contributed by atoms with Gasteiger partial charge in [-0.2, -0.15) is 0 Å². The third-order valence-corrected chi connectivity index (χ3v) is 7.01. The first-order chi connectivity index (χ1) is 21.4. The van der Waals surface area contributed by atoms with Crippen molar-refractivity contribution in [3.63, 3.8) is 0 Å². The van der Waals surface area contributed by atoms with Crippen molar-refractivity contribution in [2.45, 2.75) is 37.4 Å². The maximum Gasteiger partial charge on any atom is 0.338 e. The fourth-order valence-electron chi connectivity index (χ4n) is 4.78. The quantitative estimate of drug-likeness (QED) is 0.188. The van der Waals surface area contributed by atoms with Gasteiger partial charge in [0.1, 0.15) is 12.7 Å². The minimum Gasteiger partial charge on any atom is -0.459 e. The molecule has 1 heterocycles. The molecule has 1 saturated heterocycles. The molecule has 5 atom stereocenters. The molecule has 4 aromatic rings. The molecule has 44 heavy (non-hydrogen) atoms. The molecule has 0 bridgehead atoms. The van der Waals surface area contributed by atoms with Gasteiger partial charge in [0, 0.05) is 0 Å². The number of benzene rings is 4. The first-order valence-electron chi connectivity index (χ1n) is 14.1. The zero-order valence-corrected chi connectivity index (χ0v) is 23.8. The summed E-state index contributed by atoms with van der Waals surface area (Å²) in [5.41, 5.74) is 1.05. The molecule has 4 aromatic carbocycles. The Kier molecular flexibility index (Phi) is 9.78. The van der Waals surface area contributed by atoms with Crippen LogP contribution in [0.3, 0.4) is 0 Å². The molecule has 224 valence electrons. The molecule has 1 aliphatic rings. The molecule has 0 spiro atoms. The molecule has 0 saturated carbocycles. The molecule has 3 unspecified atom stereocenters. The Balaban J connectivity index is 1.48. The molecule has 0 aromatic heterocycles. The second-order valence-corrected chi connectivity index (χ2v) is 10.1. The molecule has 0 amide bonds. The van der Waals surface area contributed by atoms with Crippen molar-refractivity contribution in [1.82, 2.24) is 0 Å². The first kappa shape index (κ1) is 30.2. The topological polar surface area (TPSA) is 114 Å². The lowest BCUT2D eigenvalue weighted by Gasteiger charge is -2.43. The van der Waals surface area contributed by atoms with E-state index in [2.05, 4.69) is 0 Å². The Labute approximate surface area is 254 Å². The Morgan fingerprint density at radius 1 is 0.500 bits per heavy atom. The van der Waals surface area contributed by atoms with E-state index in [1.165, 1.54) is 0 Å². The zero-order chi connectivity index (χ0) is 30.9. The Morgan fingerprint density at radius 2 is 0.841 bits per heavy atom. The van der Waals surface area contributed by atoms with Gasteiger partial charge in [0.15, 0.2) is 18.3 Å². The highest BCUT2D eigenvalue weighted by atomic mass is 16.7. The number of carbonyl (C=O) groups is 4. The van der Waals surface area contributed by atoms with Gasteiger partial charge in [0.25, 0.3) is 0 Å². The van der Waals surface area contributed by atoms with E-state index in [0.29, 0.717) is 5.56 Å². The van der Waals surface area contributed by atoms with E-state index in [1.807, 2.05) is 0 Å². The van der Waals surface area contributed by atoms with Gasteiger partial charge in [-0.05, 0) is 55.5 Å². The van der Waals surface area contributed by atoms with Crippen molar-refractivity contribution in [3.8, 4) is 0 Å². The van der Waals surface area contributed by atoms with Crippen LogP contribution < -0.4 is 0 Å². The van der Waals surface area contributed by atoms with Gasteiger partial charge in [-0.25, -0.2) is 19.2 Å². The number of hydrogen-bond donors (Lipinski definition) is 0. The highest BCUT2D eigenvalue weighted by Crippen LogP contribution is 2.31. The second kappa shape index (κ2) is 14.3. The zero-order valence-electron chi connectivity index (χ0n) is 23.8. The van der Waals surface area contributed by atoms with Crippen molar-refractivity contribution in [2.24, 2.45) is 0 Å². The van der Waals surface area contributed by atoms with E-state index in [0.717, 1.165) is 0 Å². The van der Waals surface area contributed by atoms with Crippen LogP contribution in [0.4, 0.5) is 0 Å². The summed E-state index contributed by atoms with van der Waals surface area (Å²) in [6.45, 7) is 1.29. The summed E-state index contributed by atoms with van der Waals surface area (Å²) in [6, 6.07) is 33.1. The van der Waals surface area contributed by atoms with E-state index in [1.54, 1.807) is 128 Å². The largest absolute Gasteiger partial charge is 0.459 e. The molecular weight excluding hydrogens is 564 g/mol. The molecule has 9 nitrogen and oxygen atoms in total. The summed E-state index contributed by atoms with van der Waals surface area (Å²) in [6.07, 6.45) is -5.78. The predicted molar refractivity (Wildman–Crippen MR) is 158 cm³/mol. The van der Waals surface area contributed by atoms with Crippen LogP contribution in [0.5, 0.6) is 0 Å². The van der Waals surface area contributed by atoms with Crippen molar-refractivity contribution in [1.29, 1.82) is 0 Å². The average molecular weight is 595 g/mol. The van der Waals surface area contributed by atoms with E-state index >= 15 is 0 Å². The fraction of sp³-hybridized carbons (Fsp3) is 0.200. The number of carbonyl (C=O) groups excluding carboxylic acids is 4.